The molecule has 2 aromatic carbocycles. The number of fused-ring (bicyclic) bond motifs is 1. The van der Waals surface area contributed by atoms with Gasteiger partial charge in [-0.25, -0.2) is 4.79 Å². The topological polar surface area (TPSA) is 138 Å². The van der Waals surface area contributed by atoms with Gasteiger partial charge in [-0.3, -0.25) is 9.69 Å². The lowest BCUT2D eigenvalue weighted by molar-refractivity contribution is -0.192. The van der Waals surface area contributed by atoms with Crippen molar-refractivity contribution in [2.75, 3.05) is 31.6 Å². The molecule has 39 heavy (non-hydrogen) atoms. The van der Waals surface area contributed by atoms with Gasteiger partial charge in [-0.15, -0.1) is 0 Å². The van der Waals surface area contributed by atoms with Crippen molar-refractivity contribution in [1.82, 2.24) is 4.90 Å². The molecule has 1 fully saturated rings. The first-order valence-electron chi connectivity index (χ1n) is 11.7. The molecule has 0 radical (unpaired) electrons. The van der Waals surface area contributed by atoms with Crippen LogP contribution < -0.4 is 19.5 Å². The molecular formula is C25H28ClF3N2O8. The molecule has 0 saturated carbocycles. The third-order valence-electron chi connectivity index (χ3n) is 5.74. The number of aliphatic carboxylic acids is 1. The van der Waals surface area contributed by atoms with E-state index in [0.29, 0.717) is 60.4 Å². The number of likely N-dealkylation sites (tertiary alicyclic amines) is 1. The van der Waals surface area contributed by atoms with E-state index in [1.165, 1.54) is 19.1 Å². The second kappa shape index (κ2) is 11.8. The first-order chi connectivity index (χ1) is 18.1. The number of halogens is 4. The van der Waals surface area contributed by atoms with Crippen LogP contribution in [0.2, 0.25) is 5.02 Å². The number of aliphatic hydroxyl groups is 1. The van der Waals surface area contributed by atoms with Crippen molar-refractivity contribution in [3.8, 4) is 23.0 Å². The van der Waals surface area contributed by atoms with Gasteiger partial charge in [0.25, 0.3) is 5.79 Å². The molecule has 2 aliphatic heterocycles. The van der Waals surface area contributed by atoms with Crippen molar-refractivity contribution in [2.45, 2.75) is 44.3 Å². The van der Waals surface area contributed by atoms with Crippen LogP contribution in [-0.4, -0.2) is 75.9 Å². The molecule has 214 valence electrons. The Morgan fingerprint density at radius 2 is 1.74 bits per heavy atom. The van der Waals surface area contributed by atoms with Crippen LogP contribution in [0.1, 0.15) is 26.7 Å². The zero-order valence-corrected chi connectivity index (χ0v) is 21.8. The van der Waals surface area contributed by atoms with Gasteiger partial charge in [-0.1, -0.05) is 11.6 Å². The number of piperidine rings is 1. The number of carbonyl (C=O) groups excluding carboxylic acids is 1. The van der Waals surface area contributed by atoms with E-state index in [9.17, 15) is 28.2 Å². The van der Waals surface area contributed by atoms with E-state index < -0.39 is 23.5 Å². The van der Waals surface area contributed by atoms with Crippen molar-refractivity contribution in [2.24, 2.45) is 0 Å². The molecule has 0 bridgehead atoms. The number of phenols is 1. The minimum atomic E-state index is -5.08. The summed E-state index contributed by atoms with van der Waals surface area (Å²) in [5.74, 6) is -2.04. The Hall–Kier alpha value is -3.42. The first kappa shape index (κ1) is 30.1. The summed E-state index contributed by atoms with van der Waals surface area (Å²) in [5, 5.41) is 31.0. The number of ether oxygens (including phenoxy) is 3. The van der Waals surface area contributed by atoms with Gasteiger partial charge in [0.15, 0.2) is 11.5 Å². The Kier molecular flexibility index (Phi) is 9.08. The molecule has 0 aliphatic carbocycles. The summed E-state index contributed by atoms with van der Waals surface area (Å²) in [4.78, 5) is 22.4. The summed E-state index contributed by atoms with van der Waals surface area (Å²) in [6, 6.07) is 9.77. The monoisotopic (exact) mass is 576 g/mol. The van der Waals surface area contributed by atoms with Crippen molar-refractivity contribution in [3.63, 3.8) is 0 Å². The average molecular weight is 577 g/mol. The number of carboxylic acids is 1. The van der Waals surface area contributed by atoms with Gasteiger partial charge in [0.2, 0.25) is 5.91 Å². The van der Waals surface area contributed by atoms with E-state index in [2.05, 4.69) is 10.2 Å². The lowest BCUT2D eigenvalue weighted by atomic mass is 10.0. The molecular weight excluding hydrogens is 549 g/mol. The highest BCUT2D eigenvalue weighted by molar-refractivity contribution is 6.30. The standard InChI is InChI=1S/C23H27ClN2O6.C2HF3O2/c1-15(27)25-18-5-4-17(28)12-20(18)30-14-22(2,29)13-26-9-7-23(8-10-26)31-19-6-3-16(24)11-21(19)32-23;3-2(4,5)1(6)7/h3-6,11-12,28-29H,7-10,13-14H2,1-2H3,(H,25,27);(H,6,7)/t22-;/m0./s1. The molecule has 10 nitrogen and oxygen atoms in total. The summed E-state index contributed by atoms with van der Waals surface area (Å²) in [6.45, 7) is 4.82. The highest BCUT2D eigenvalue weighted by Crippen LogP contribution is 2.44. The zero-order chi connectivity index (χ0) is 29.0. The maximum atomic E-state index is 11.4. The summed E-state index contributed by atoms with van der Waals surface area (Å²) in [7, 11) is 0. The van der Waals surface area contributed by atoms with Gasteiger partial charge < -0.3 is 34.8 Å². The molecule has 2 aliphatic rings. The number of aromatic hydroxyl groups is 1. The lowest BCUT2D eigenvalue weighted by Crippen LogP contribution is -2.53. The summed E-state index contributed by atoms with van der Waals surface area (Å²) in [6.07, 6.45) is -3.79. The number of hydrogen-bond donors (Lipinski definition) is 4. The predicted octanol–water partition coefficient (Wildman–Crippen LogP) is 4.03. The quantitative estimate of drug-likeness (QED) is 0.376. The Labute approximate surface area is 226 Å². The summed E-state index contributed by atoms with van der Waals surface area (Å²) < 4.78 is 49.6. The molecule has 14 heteroatoms. The number of hydrogen-bond acceptors (Lipinski definition) is 8. The second-order valence-corrected chi connectivity index (χ2v) is 9.87. The molecule has 1 atom stereocenters. The van der Waals surface area contributed by atoms with Gasteiger partial charge in [0.05, 0.1) is 5.69 Å². The number of carbonyl (C=O) groups is 2. The molecule has 1 saturated heterocycles. The SMILES string of the molecule is CC(=O)Nc1ccc(O)cc1OC[C@@](C)(O)CN1CCC2(CC1)Oc1ccc(Cl)cc1O2.O=C(O)C(F)(F)F. The van der Waals surface area contributed by atoms with Crippen LogP contribution in [0.3, 0.4) is 0 Å². The average Bonchev–Trinajstić information content (AvgIpc) is 3.17. The second-order valence-electron chi connectivity index (χ2n) is 9.43. The Balaban J connectivity index is 0.000000532. The third-order valence-corrected chi connectivity index (χ3v) is 5.97. The molecule has 2 aromatic rings. The number of phenolic OH excluding ortho intramolecular Hbond substituents is 1. The van der Waals surface area contributed by atoms with Gasteiger partial charge in [0.1, 0.15) is 23.7 Å². The minimum absolute atomic E-state index is 0.00826. The van der Waals surface area contributed by atoms with Crippen LogP contribution >= 0.6 is 11.6 Å². The highest BCUT2D eigenvalue weighted by Gasteiger charge is 2.45. The number of alkyl halides is 3. The number of nitrogens with zero attached hydrogens (tertiary/aromatic N) is 1. The third kappa shape index (κ3) is 8.53. The predicted molar refractivity (Wildman–Crippen MR) is 133 cm³/mol. The van der Waals surface area contributed by atoms with Crippen LogP contribution in [0.15, 0.2) is 36.4 Å². The normalized spacial score (nSPS) is 17.5. The minimum Gasteiger partial charge on any atom is -0.508 e. The van der Waals surface area contributed by atoms with Crippen molar-refractivity contribution in [3.05, 3.63) is 41.4 Å². The zero-order valence-electron chi connectivity index (χ0n) is 21.0. The van der Waals surface area contributed by atoms with Crippen LogP contribution in [0.4, 0.5) is 18.9 Å². The number of nitrogens with one attached hydrogen (secondary N) is 1. The Bertz CT molecular complexity index is 1200. The number of β-amino-alcohol motifs (C(OH)–C–C–N with tert-alkyl or cyclic N) is 1. The summed E-state index contributed by atoms with van der Waals surface area (Å²) in [5.41, 5.74) is -0.724. The number of amides is 1. The highest BCUT2D eigenvalue weighted by atomic mass is 35.5. The number of carboxylic acid groups (broad SMARTS) is 1. The van der Waals surface area contributed by atoms with E-state index in [4.69, 9.17) is 35.7 Å². The molecule has 4 N–H and O–H groups in total. The molecule has 4 rings (SSSR count). The Morgan fingerprint density at radius 3 is 2.33 bits per heavy atom. The molecule has 1 spiro atoms. The van der Waals surface area contributed by atoms with Gasteiger partial charge in [0, 0.05) is 56.6 Å². The van der Waals surface area contributed by atoms with Gasteiger partial charge in [-0.2, -0.15) is 13.2 Å². The van der Waals surface area contributed by atoms with Crippen molar-refractivity contribution < 1.29 is 52.3 Å². The number of anilines is 1. The van der Waals surface area contributed by atoms with E-state index in [0.717, 1.165) is 0 Å². The van der Waals surface area contributed by atoms with E-state index >= 15 is 0 Å². The van der Waals surface area contributed by atoms with Crippen molar-refractivity contribution in [1.29, 1.82) is 0 Å². The van der Waals surface area contributed by atoms with Crippen LogP contribution in [0, 0.1) is 0 Å². The van der Waals surface area contributed by atoms with Gasteiger partial charge in [-0.05, 0) is 31.2 Å². The first-order valence-corrected chi connectivity index (χ1v) is 12.1. The summed E-state index contributed by atoms with van der Waals surface area (Å²) >= 11 is 6.05. The lowest BCUT2D eigenvalue weighted by Gasteiger charge is -2.39. The smallest absolute Gasteiger partial charge is 0.490 e. The number of rotatable bonds is 6. The Morgan fingerprint density at radius 1 is 1.13 bits per heavy atom. The maximum absolute atomic E-state index is 11.4. The maximum Gasteiger partial charge on any atom is 0.490 e. The fourth-order valence-corrected chi connectivity index (χ4v) is 4.17. The molecule has 2 heterocycles. The van der Waals surface area contributed by atoms with E-state index in [1.54, 1.807) is 25.1 Å². The van der Waals surface area contributed by atoms with E-state index in [1.807, 2.05) is 6.07 Å². The van der Waals surface area contributed by atoms with Crippen molar-refractivity contribution >= 4 is 29.2 Å². The van der Waals surface area contributed by atoms with E-state index in [-0.39, 0.29) is 18.3 Å². The fourth-order valence-electron chi connectivity index (χ4n) is 4.01. The fraction of sp³-hybridized carbons (Fsp3) is 0.440. The molecule has 0 aromatic heterocycles. The molecule has 0 unspecified atom stereocenters. The molecule has 1 amide bonds. The van der Waals surface area contributed by atoms with Crippen LogP contribution in [0.25, 0.3) is 0 Å². The van der Waals surface area contributed by atoms with Crippen LogP contribution in [0.5, 0.6) is 23.0 Å². The van der Waals surface area contributed by atoms with Gasteiger partial charge >= 0.3 is 12.1 Å². The largest absolute Gasteiger partial charge is 0.508 e. The van der Waals surface area contributed by atoms with Crippen LogP contribution in [-0.2, 0) is 9.59 Å². The number of benzene rings is 2.